The lowest BCUT2D eigenvalue weighted by molar-refractivity contribution is 0.193. The summed E-state index contributed by atoms with van der Waals surface area (Å²) in [6.45, 7) is 1.32. The Balaban J connectivity index is 1.75. The van der Waals surface area contributed by atoms with Crippen LogP contribution in [-0.2, 0) is 14.8 Å². The molecule has 0 radical (unpaired) electrons. The summed E-state index contributed by atoms with van der Waals surface area (Å²) in [5, 5.41) is 3.49. The maximum absolute atomic E-state index is 13.2. The number of fused-ring (bicyclic) bond motifs is 2. The number of ether oxygens (including phenoxy) is 2. The molecule has 156 valence electrons. The number of hydrogen-bond donors (Lipinski definition) is 2. The summed E-state index contributed by atoms with van der Waals surface area (Å²) < 4.78 is 40.1. The Morgan fingerprint density at radius 2 is 1.70 bits per heavy atom. The molecular weight excluding hydrogens is 400 g/mol. The molecule has 0 bridgehead atoms. The first-order chi connectivity index (χ1) is 14.6. The average molecular weight is 425 g/mol. The van der Waals surface area contributed by atoms with Gasteiger partial charge in [0.1, 0.15) is 11.5 Å². The predicted molar refractivity (Wildman–Crippen MR) is 117 cm³/mol. The van der Waals surface area contributed by atoms with E-state index in [4.69, 9.17) is 9.47 Å². The SMILES string of the molecule is COCCCNC1c2ccccc2NS(=O)(=O)c2cc(Oc3ccccc3)ccc21. The summed E-state index contributed by atoms with van der Waals surface area (Å²) in [7, 11) is -2.10. The first kappa shape index (κ1) is 20.4. The lowest BCUT2D eigenvalue weighted by atomic mass is 9.97. The monoisotopic (exact) mass is 424 g/mol. The van der Waals surface area contributed by atoms with E-state index >= 15 is 0 Å². The zero-order chi connectivity index (χ0) is 21.0. The van der Waals surface area contributed by atoms with Crippen molar-refractivity contribution in [3.8, 4) is 11.5 Å². The molecule has 1 unspecified atom stereocenters. The van der Waals surface area contributed by atoms with E-state index in [0.29, 0.717) is 35.9 Å². The Labute approximate surface area is 176 Å². The fourth-order valence-corrected chi connectivity index (χ4v) is 4.92. The van der Waals surface area contributed by atoms with Gasteiger partial charge in [-0.1, -0.05) is 42.5 Å². The van der Waals surface area contributed by atoms with Crippen LogP contribution in [0.1, 0.15) is 23.6 Å². The molecule has 0 amide bonds. The van der Waals surface area contributed by atoms with Crippen LogP contribution < -0.4 is 14.8 Å². The van der Waals surface area contributed by atoms with Gasteiger partial charge in [0.05, 0.1) is 16.6 Å². The molecule has 2 N–H and O–H groups in total. The van der Waals surface area contributed by atoms with E-state index in [-0.39, 0.29) is 10.9 Å². The van der Waals surface area contributed by atoms with Crippen molar-refractivity contribution in [2.24, 2.45) is 0 Å². The molecule has 0 aromatic heterocycles. The lowest BCUT2D eigenvalue weighted by Crippen LogP contribution is -2.25. The van der Waals surface area contributed by atoms with Gasteiger partial charge in [-0.25, -0.2) is 8.42 Å². The zero-order valence-corrected chi connectivity index (χ0v) is 17.5. The van der Waals surface area contributed by atoms with Crippen LogP contribution in [0.5, 0.6) is 11.5 Å². The van der Waals surface area contributed by atoms with Gasteiger partial charge in [-0.3, -0.25) is 4.72 Å². The fourth-order valence-electron chi connectivity index (χ4n) is 3.57. The number of benzene rings is 3. The van der Waals surface area contributed by atoms with Gasteiger partial charge in [0.15, 0.2) is 0 Å². The molecule has 1 heterocycles. The lowest BCUT2D eigenvalue weighted by Gasteiger charge is -2.21. The number of rotatable bonds is 7. The second-order valence-corrected chi connectivity index (χ2v) is 8.69. The molecule has 1 atom stereocenters. The standard InChI is InChI=1S/C23H24N2O4S/c1-28-15-7-14-24-23-19-10-5-6-11-21(19)25-30(26,27)22-16-18(12-13-20(22)23)29-17-8-3-2-4-9-17/h2-6,8-13,16,23-25H,7,14-15H2,1H3. The second kappa shape index (κ2) is 8.87. The van der Waals surface area contributed by atoms with Crippen molar-refractivity contribution in [3.05, 3.63) is 83.9 Å². The van der Waals surface area contributed by atoms with Crippen molar-refractivity contribution in [2.75, 3.05) is 25.0 Å². The minimum Gasteiger partial charge on any atom is -0.457 e. The van der Waals surface area contributed by atoms with E-state index in [2.05, 4.69) is 10.0 Å². The van der Waals surface area contributed by atoms with E-state index in [1.54, 1.807) is 25.3 Å². The topological polar surface area (TPSA) is 76.7 Å². The van der Waals surface area contributed by atoms with Crippen LogP contribution in [0, 0.1) is 0 Å². The molecule has 3 aromatic rings. The number of hydrogen-bond acceptors (Lipinski definition) is 5. The summed E-state index contributed by atoms with van der Waals surface area (Å²) in [6.07, 6.45) is 0.819. The van der Waals surface area contributed by atoms with Gasteiger partial charge >= 0.3 is 0 Å². The van der Waals surface area contributed by atoms with E-state index in [9.17, 15) is 8.42 Å². The number of para-hydroxylation sites is 2. The third-order valence-corrected chi connectivity index (χ3v) is 6.38. The number of sulfonamides is 1. The average Bonchev–Trinajstić information content (AvgIpc) is 2.84. The fraction of sp³-hybridized carbons (Fsp3) is 0.217. The molecule has 0 spiro atoms. The van der Waals surface area contributed by atoms with E-state index < -0.39 is 10.0 Å². The molecule has 7 heteroatoms. The minimum atomic E-state index is -3.77. The predicted octanol–water partition coefficient (Wildman–Crippen LogP) is 4.31. The van der Waals surface area contributed by atoms with Gasteiger partial charge in [0, 0.05) is 19.8 Å². The Hall–Kier alpha value is -2.87. The van der Waals surface area contributed by atoms with Crippen molar-refractivity contribution in [2.45, 2.75) is 17.4 Å². The Morgan fingerprint density at radius 1 is 0.933 bits per heavy atom. The molecule has 1 aliphatic rings. The highest BCUT2D eigenvalue weighted by Gasteiger charge is 2.31. The van der Waals surface area contributed by atoms with Gasteiger partial charge in [-0.05, 0) is 48.4 Å². The molecule has 3 aromatic carbocycles. The minimum absolute atomic E-state index is 0.205. The largest absolute Gasteiger partial charge is 0.457 e. The first-order valence-corrected chi connectivity index (χ1v) is 11.3. The molecule has 0 saturated carbocycles. The summed E-state index contributed by atoms with van der Waals surface area (Å²) >= 11 is 0. The Kier molecular flexibility index (Phi) is 6.03. The number of nitrogens with one attached hydrogen (secondary N) is 2. The third-order valence-electron chi connectivity index (χ3n) is 4.95. The quantitative estimate of drug-likeness (QED) is 0.553. The molecule has 30 heavy (non-hydrogen) atoms. The molecule has 4 rings (SSSR count). The maximum atomic E-state index is 13.2. The third kappa shape index (κ3) is 4.33. The highest BCUT2D eigenvalue weighted by molar-refractivity contribution is 7.92. The molecule has 1 aliphatic heterocycles. The summed E-state index contributed by atoms with van der Waals surface area (Å²) in [5.74, 6) is 1.11. The van der Waals surface area contributed by atoms with Gasteiger partial charge in [-0.2, -0.15) is 0 Å². The molecular formula is C23H24N2O4S. The Morgan fingerprint density at radius 3 is 2.50 bits per heavy atom. The molecule has 0 aliphatic carbocycles. The smallest absolute Gasteiger partial charge is 0.262 e. The normalized spacial score (nSPS) is 16.6. The maximum Gasteiger partial charge on any atom is 0.262 e. The highest BCUT2D eigenvalue weighted by atomic mass is 32.2. The highest BCUT2D eigenvalue weighted by Crippen LogP contribution is 2.39. The van der Waals surface area contributed by atoms with Crippen LogP contribution in [0.25, 0.3) is 0 Å². The van der Waals surface area contributed by atoms with Crippen molar-refractivity contribution < 1.29 is 17.9 Å². The first-order valence-electron chi connectivity index (χ1n) is 9.79. The van der Waals surface area contributed by atoms with Crippen molar-refractivity contribution >= 4 is 15.7 Å². The summed E-state index contributed by atoms with van der Waals surface area (Å²) in [5.41, 5.74) is 2.14. The molecule has 6 nitrogen and oxygen atoms in total. The zero-order valence-electron chi connectivity index (χ0n) is 16.7. The van der Waals surface area contributed by atoms with Crippen LogP contribution >= 0.6 is 0 Å². The molecule has 0 fully saturated rings. The van der Waals surface area contributed by atoms with Crippen LogP contribution in [0.4, 0.5) is 5.69 Å². The van der Waals surface area contributed by atoms with Crippen LogP contribution in [0.3, 0.4) is 0 Å². The van der Waals surface area contributed by atoms with Crippen LogP contribution in [0.2, 0.25) is 0 Å². The van der Waals surface area contributed by atoms with Crippen LogP contribution in [0.15, 0.2) is 77.7 Å². The van der Waals surface area contributed by atoms with Crippen molar-refractivity contribution in [1.82, 2.24) is 5.32 Å². The number of anilines is 1. The van der Waals surface area contributed by atoms with Gasteiger partial charge < -0.3 is 14.8 Å². The molecule has 0 saturated heterocycles. The Bertz CT molecular complexity index is 1120. The van der Waals surface area contributed by atoms with E-state index in [0.717, 1.165) is 12.0 Å². The van der Waals surface area contributed by atoms with Gasteiger partial charge in [0.25, 0.3) is 10.0 Å². The summed E-state index contributed by atoms with van der Waals surface area (Å²) in [6, 6.07) is 21.7. The van der Waals surface area contributed by atoms with Crippen molar-refractivity contribution in [1.29, 1.82) is 0 Å². The van der Waals surface area contributed by atoms with Crippen molar-refractivity contribution in [3.63, 3.8) is 0 Å². The van der Waals surface area contributed by atoms with Gasteiger partial charge in [-0.15, -0.1) is 0 Å². The van der Waals surface area contributed by atoms with E-state index in [1.807, 2.05) is 54.6 Å². The van der Waals surface area contributed by atoms with Gasteiger partial charge in [0.2, 0.25) is 0 Å². The number of methoxy groups -OCH3 is 1. The van der Waals surface area contributed by atoms with E-state index in [1.165, 1.54) is 0 Å². The summed E-state index contributed by atoms with van der Waals surface area (Å²) in [4.78, 5) is 0.205. The van der Waals surface area contributed by atoms with Crippen LogP contribution in [-0.4, -0.2) is 28.7 Å². The second-order valence-electron chi connectivity index (χ2n) is 7.04.